The van der Waals surface area contributed by atoms with Crippen LogP contribution in [0, 0.1) is 0 Å². The normalized spacial score (nSPS) is 13.0. The summed E-state index contributed by atoms with van der Waals surface area (Å²) < 4.78 is 22.7. The summed E-state index contributed by atoms with van der Waals surface area (Å²) in [5, 5.41) is 0. The van der Waals surface area contributed by atoms with Crippen molar-refractivity contribution in [1.29, 1.82) is 0 Å². The van der Waals surface area contributed by atoms with E-state index in [4.69, 9.17) is 0 Å². The van der Waals surface area contributed by atoms with Gasteiger partial charge in [-0.2, -0.15) is 4.99 Å². The fourth-order valence-electron chi connectivity index (χ4n) is 0.139. The summed E-state index contributed by atoms with van der Waals surface area (Å²) in [5.74, 6) is 0. The van der Waals surface area contributed by atoms with Crippen molar-refractivity contribution in [2.24, 2.45) is 4.99 Å². The quantitative estimate of drug-likeness (QED) is 0.395. The number of hydrogen-bond acceptors (Lipinski definition) is 2. The van der Waals surface area contributed by atoms with Crippen LogP contribution in [-0.4, -0.2) is 18.5 Å². The molecule has 46 valence electrons. The van der Waals surface area contributed by atoms with E-state index in [2.05, 4.69) is 4.99 Å². The minimum absolute atomic E-state index is 1.04. The van der Waals surface area contributed by atoms with Crippen LogP contribution in [0.5, 0.6) is 0 Å². The van der Waals surface area contributed by atoms with Crippen LogP contribution >= 0.6 is 0 Å². The molecule has 0 aromatic rings. The maximum absolute atomic E-state index is 11.3. The lowest BCUT2D eigenvalue weighted by Gasteiger charge is -1.97. The molecule has 0 N–H and O–H groups in total. The second kappa shape index (κ2) is 3.27. The molecule has 2 nitrogen and oxygen atoms in total. The Morgan fingerprint density at radius 1 is 1.62 bits per heavy atom. The SMILES string of the molecule is CC(N=C=O)C(F)F. The molecule has 1 atom stereocenters. The van der Waals surface area contributed by atoms with Gasteiger partial charge in [0.2, 0.25) is 6.08 Å². The highest BCUT2D eigenvalue weighted by Crippen LogP contribution is 2.01. The molecule has 0 aromatic carbocycles. The van der Waals surface area contributed by atoms with E-state index in [9.17, 15) is 13.6 Å². The van der Waals surface area contributed by atoms with Gasteiger partial charge in [-0.1, -0.05) is 0 Å². The van der Waals surface area contributed by atoms with Crippen LogP contribution in [0.25, 0.3) is 0 Å². The van der Waals surface area contributed by atoms with Crippen molar-refractivity contribution in [3.63, 3.8) is 0 Å². The van der Waals surface area contributed by atoms with E-state index in [1.54, 1.807) is 0 Å². The molecule has 0 fully saturated rings. The molecular weight excluding hydrogens is 116 g/mol. The van der Waals surface area contributed by atoms with Crippen molar-refractivity contribution in [2.75, 3.05) is 0 Å². The maximum atomic E-state index is 11.3. The standard InChI is InChI=1S/C4H5F2NO/c1-3(4(5)6)7-2-8/h3-4H,1H3. The number of aliphatic imine (C=N–C) groups is 1. The second-order valence-electron chi connectivity index (χ2n) is 1.30. The van der Waals surface area contributed by atoms with E-state index >= 15 is 0 Å². The topological polar surface area (TPSA) is 29.4 Å². The summed E-state index contributed by atoms with van der Waals surface area (Å²) in [6.07, 6.45) is -1.52. The van der Waals surface area contributed by atoms with Gasteiger partial charge >= 0.3 is 0 Å². The fraction of sp³-hybridized carbons (Fsp3) is 0.750. The number of halogens is 2. The van der Waals surface area contributed by atoms with E-state index in [-0.39, 0.29) is 0 Å². The average Bonchev–Trinajstić information content (AvgIpc) is 1.67. The Balaban J connectivity index is 3.63. The monoisotopic (exact) mass is 121 g/mol. The zero-order valence-corrected chi connectivity index (χ0v) is 4.27. The molecule has 0 aliphatic rings. The summed E-state index contributed by atoms with van der Waals surface area (Å²) in [4.78, 5) is 12.1. The van der Waals surface area contributed by atoms with Crippen molar-refractivity contribution in [3.8, 4) is 0 Å². The summed E-state index contributed by atoms with van der Waals surface area (Å²) in [6, 6.07) is -1.22. The zero-order valence-electron chi connectivity index (χ0n) is 4.27. The highest BCUT2D eigenvalue weighted by atomic mass is 19.3. The van der Waals surface area contributed by atoms with Gasteiger partial charge < -0.3 is 0 Å². The molecule has 0 aromatic heterocycles. The molecule has 4 heteroatoms. The Morgan fingerprint density at radius 3 is 2.25 bits per heavy atom. The lowest BCUT2D eigenvalue weighted by Crippen LogP contribution is -2.09. The summed E-state index contributed by atoms with van der Waals surface area (Å²) >= 11 is 0. The first-order valence-electron chi connectivity index (χ1n) is 2.03. The van der Waals surface area contributed by atoms with Gasteiger partial charge in [0.15, 0.2) is 0 Å². The third-order valence-corrected chi connectivity index (χ3v) is 0.621. The number of hydrogen-bond donors (Lipinski definition) is 0. The first-order chi connectivity index (χ1) is 3.68. The molecular formula is C4H5F2NO. The van der Waals surface area contributed by atoms with Crippen LogP contribution < -0.4 is 0 Å². The first kappa shape index (κ1) is 7.24. The maximum Gasteiger partial charge on any atom is 0.261 e. The minimum Gasteiger partial charge on any atom is -0.211 e. The van der Waals surface area contributed by atoms with Gasteiger partial charge in [0, 0.05) is 0 Å². The van der Waals surface area contributed by atoms with Crippen molar-refractivity contribution in [2.45, 2.75) is 19.4 Å². The van der Waals surface area contributed by atoms with Crippen LogP contribution in [0.3, 0.4) is 0 Å². The Hall–Kier alpha value is -0.760. The third-order valence-electron chi connectivity index (χ3n) is 0.621. The molecule has 0 bridgehead atoms. The average molecular weight is 121 g/mol. The van der Waals surface area contributed by atoms with Crippen LogP contribution in [0.1, 0.15) is 6.92 Å². The van der Waals surface area contributed by atoms with Crippen LogP contribution in [-0.2, 0) is 4.79 Å². The van der Waals surface area contributed by atoms with Gasteiger partial charge in [-0.3, -0.25) is 0 Å². The molecule has 0 aliphatic heterocycles. The molecule has 0 amide bonds. The van der Waals surface area contributed by atoms with Crippen LogP contribution in [0.15, 0.2) is 4.99 Å². The number of isocyanates is 1. The van der Waals surface area contributed by atoms with Crippen molar-refractivity contribution in [3.05, 3.63) is 0 Å². The highest BCUT2D eigenvalue weighted by Gasteiger charge is 2.11. The van der Waals surface area contributed by atoms with Crippen molar-refractivity contribution >= 4 is 6.08 Å². The zero-order chi connectivity index (χ0) is 6.57. The van der Waals surface area contributed by atoms with Gasteiger partial charge in [0.25, 0.3) is 6.43 Å². The molecule has 0 saturated heterocycles. The third kappa shape index (κ3) is 2.42. The van der Waals surface area contributed by atoms with Gasteiger partial charge in [-0.25, -0.2) is 13.6 Å². The molecule has 8 heavy (non-hydrogen) atoms. The molecule has 0 radical (unpaired) electrons. The lowest BCUT2D eigenvalue weighted by molar-refractivity contribution is 0.124. The van der Waals surface area contributed by atoms with Gasteiger partial charge in [-0.15, -0.1) is 0 Å². The largest absolute Gasteiger partial charge is 0.261 e. The minimum atomic E-state index is -2.56. The second-order valence-corrected chi connectivity index (χ2v) is 1.30. The predicted molar refractivity (Wildman–Crippen MR) is 23.6 cm³/mol. The van der Waals surface area contributed by atoms with Crippen molar-refractivity contribution < 1.29 is 13.6 Å². The fourth-order valence-corrected chi connectivity index (χ4v) is 0.139. The number of nitrogens with zero attached hydrogens (tertiary/aromatic N) is 1. The Kier molecular flexibility index (Phi) is 2.96. The molecule has 1 unspecified atom stereocenters. The number of rotatable bonds is 2. The van der Waals surface area contributed by atoms with E-state index in [1.165, 1.54) is 0 Å². The molecule has 0 rings (SSSR count). The van der Waals surface area contributed by atoms with Crippen LogP contribution in [0.4, 0.5) is 8.78 Å². The van der Waals surface area contributed by atoms with E-state index in [1.807, 2.05) is 0 Å². The molecule has 0 spiro atoms. The van der Waals surface area contributed by atoms with Crippen molar-refractivity contribution in [1.82, 2.24) is 0 Å². The summed E-state index contributed by atoms with van der Waals surface area (Å²) in [6.45, 7) is 1.15. The molecule has 0 heterocycles. The Labute approximate surface area is 45.2 Å². The Morgan fingerprint density at radius 2 is 2.12 bits per heavy atom. The van der Waals surface area contributed by atoms with Gasteiger partial charge in [0.05, 0.1) is 0 Å². The predicted octanol–water partition coefficient (Wildman–Crippen LogP) is 0.976. The van der Waals surface area contributed by atoms with E-state index in [0.717, 1.165) is 13.0 Å². The smallest absolute Gasteiger partial charge is 0.211 e. The Bertz CT molecular complexity index is 109. The highest BCUT2D eigenvalue weighted by molar-refractivity contribution is 5.33. The van der Waals surface area contributed by atoms with Gasteiger partial charge in [0.1, 0.15) is 6.04 Å². The summed E-state index contributed by atoms with van der Waals surface area (Å²) in [5.41, 5.74) is 0. The van der Waals surface area contributed by atoms with E-state index in [0.29, 0.717) is 0 Å². The van der Waals surface area contributed by atoms with Gasteiger partial charge in [-0.05, 0) is 6.92 Å². The lowest BCUT2D eigenvalue weighted by atomic mass is 10.4. The van der Waals surface area contributed by atoms with Crippen LogP contribution in [0.2, 0.25) is 0 Å². The van der Waals surface area contributed by atoms with E-state index < -0.39 is 12.5 Å². The first-order valence-corrected chi connectivity index (χ1v) is 2.03. The molecule has 0 aliphatic carbocycles. The number of alkyl halides is 2. The number of carbonyl (C=O) groups excluding carboxylic acids is 1. The molecule has 0 saturated carbocycles. The summed E-state index contributed by atoms with van der Waals surface area (Å²) in [7, 11) is 0.